The molecule has 1 amide bonds. The Hall–Kier alpha value is -2.49. The van der Waals surface area contributed by atoms with Gasteiger partial charge in [-0.25, -0.2) is 0 Å². The van der Waals surface area contributed by atoms with E-state index in [-0.39, 0.29) is 12.5 Å². The van der Waals surface area contributed by atoms with Crippen LogP contribution in [0, 0.1) is 12.3 Å². The molecule has 2 rings (SSSR count). The number of amidine groups is 1. The topological polar surface area (TPSA) is 35.9 Å². The van der Waals surface area contributed by atoms with Gasteiger partial charge in [0.2, 0.25) is 5.91 Å². The lowest BCUT2D eigenvalue weighted by molar-refractivity contribution is -0.137. The molecule has 1 aliphatic heterocycles. The van der Waals surface area contributed by atoms with Crippen LogP contribution in [-0.4, -0.2) is 29.7 Å². The minimum atomic E-state index is -4.41. The van der Waals surface area contributed by atoms with E-state index in [9.17, 15) is 18.0 Å². The molecule has 1 aromatic rings. The van der Waals surface area contributed by atoms with Crippen LogP contribution in [0.2, 0.25) is 0 Å². The largest absolute Gasteiger partial charge is 0.416 e. The zero-order valence-corrected chi connectivity index (χ0v) is 11.9. The second kappa shape index (κ2) is 6.10. The van der Waals surface area contributed by atoms with Crippen molar-refractivity contribution in [3.63, 3.8) is 0 Å². The maximum atomic E-state index is 12.7. The quantitative estimate of drug-likeness (QED) is 0.788. The number of rotatable bonds is 2. The van der Waals surface area contributed by atoms with E-state index in [1.54, 1.807) is 6.07 Å². The summed E-state index contributed by atoms with van der Waals surface area (Å²) in [6, 6.07) is 4.91. The van der Waals surface area contributed by atoms with Gasteiger partial charge in [-0.3, -0.25) is 14.7 Å². The van der Waals surface area contributed by atoms with Crippen molar-refractivity contribution in [3.05, 3.63) is 29.8 Å². The maximum Gasteiger partial charge on any atom is 0.416 e. The normalized spacial score (nSPS) is 14.5. The van der Waals surface area contributed by atoms with Crippen molar-refractivity contribution in [1.29, 1.82) is 0 Å². The van der Waals surface area contributed by atoms with Crippen LogP contribution in [0.5, 0.6) is 0 Å². The predicted octanol–water partition coefficient (Wildman–Crippen LogP) is 2.71. The third-order valence-electron chi connectivity index (χ3n) is 3.20. The van der Waals surface area contributed by atoms with Gasteiger partial charge in [0.15, 0.2) is 0 Å². The third kappa shape index (κ3) is 3.39. The van der Waals surface area contributed by atoms with Gasteiger partial charge in [-0.1, -0.05) is 12.0 Å². The smallest absolute Gasteiger partial charge is 0.287 e. The average molecular weight is 309 g/mol. The Balaban J connectivity index is 2.25. The van der Waals surface area contributed by atoms with E-state index in [0.29, 0.717) is 24.5 Å². The molecule has 22 heavy (non-hydrogen) atoms. The van der Waals surface area contributed by atoms with Crippen molar-refractivity contribution in [2.75, 3.05) is 18.1 Å². The van der Waals surface area contributed by atoms with Gasteiger partial charge in [0, 0.05) is 19.9 Å². The van der Waals surface area contributed by atoms with Crippen LogP contribution in [0.15, 0.2) is 29.4 Å². The molecule has 4 nitrogen and oxygen atoms in total. The minimum Gasteiger partial charge on any atom is -0.287 e. The number of carbonyl (C=O) groups excluding carboxylic acids is 1. The van der Waals surface area contributed by atoms with Gasteiger partial charge in [-0.15, -0.1) is 6.42 Å². The van der Waals surface area contributed by atoms with E-state index in [2.05, 4.69) is 11.0 Å². The maximum absolute atomic E-state index is 12.7. The zero-order chi connectivity index (χ0) is 16.3. The summed E-state index contributed by atoms with van der Waals surface area (Å²) in [4.78, 5) is 12.9. The van der Waals surface area contributed by atoms with E-state index < -0.39 is 11.7 Å². The summed E-state index contributed by atoms with van der Waals surface area (Å²) < 4.78 is 38.2. The molecule has 1 aromatic carbocycles. The highest BCUT2D eigenvalue weighted by Gasteiger charge is 2.31. The summed E-state index contributed by atoms with van der Waals surface area (Å²) in [5.74, 6) is 2.58. The number of benzene rings is 1. The van der Waals surface area contributed by atoms with Crippen molar-refractivity contribution in [2.24, 2.45) is 5.10 Å². The van der Waals surface area contributed by atoms with Crippen molar-refractivity contribution in [3.8, 4) is 12.3 Å². The average Bonchev–Trinajstić information content (AvgIpc) is 2.93. The van der Waals surface area contributed by atoms with Gasteiger partial charge in [0.05, 0.1) is 17.8 Å². The number of alkyl halides is 3. The first kappa shape index (κ1) is 15.9. The lowest BCUT2D eigenvalue weighted by atomic mass is 10.2. The number of halogens is 3. The zero-order valence-electron chi connectivity index (χ0n) is 11.9. The Morgan fingerprint density at radius 1 is 1.50 bits per heavy atom. The molecule has 1 aliphatic rings. The SMILES string of the molecule is C#CCN(C(C)=O)C1=NN(c2cccc(C(F)(F)F)c2)CC1. The molecule has 0 saturated heterocycles. The fourth-order valence-corrected chi connectivity index (χ4v) is 2.14. The van der Waals surface area contributed by atoms with Crippen LogP contribution in [0.3, 0.4) is 0 Å². The van der Waals surface area contributed by atoms with Gasteiger partial charge in [0.1, 0.15) is 5.84 Å². The molecule has 0 spiro atoms. The molecular weight excluding hydrogens is 295 g/mol. The van der Waals surface area contributed by atoms with Crippen LogP contribution in [0.4, 0.5) is 18.9 Å². The molecule has 116 valence electrons. The summed E-state index contributed by atoms with van der Waals surface area (Å²) in [6.07, 6.45) is 1.25. The number of anilines is 1. The van der Waals surface area contributed by atoms with Gasteiger partial charge in [-0.05, 0) is 18.2 Å². The Bertz CT molecular complexity index is 646. The Morgan fingerprint density at radius 2 is 2.23 bits per heavy atom. The molecule has 1 heterocycles. The second-order valence-corrected chi connectivity index (χ2v) is 4.75. The van der Waals surface area contributed by atoms with Crippen molar-refractivity contribution >= 4 is 17.4 Å². The highest BCUT2D eigenvalue weighted by molar-refractivity contribution is 5.99. The molecule has 0 unspecified atom stereocenters. The minimum absolute atomic E-state index is 0.0879. The highest BCUT2D eigenvalue weighted by Crippen LogP contribution is 2.32. The number of hydrogen-bond donors (Lipinski definition) is 0. The van der Waals surface area contributed by atoms with E-state index >= 15 is 0 Å². The Morgan fingerprint density at radius 3 is 2.82 bits per heavy atom. The molecule has 0 aliphatic carbocycles. The van der Waals surface area contributed by atoms with Gasteiger partial charge < -0.3 is 0 Å². The van der Waals surface area contributed by atoms with Gasteiger partial charge >= 0.3 is 6.18 Å². The molecular formula is C15H14F3N3O. The van der Waals surface area contributed by atoms with Gasteiger partial charge in [-0.2, -0.15) is 18.3 Å². The monoisotopic (exact) mass is 309 g/mol. The van der Waals surface area contributed by atoms with E-state index in [4.69, 9.17) is 6.42 Å². The lowest BCUT2D eigenvalue weighted by Gasteiger charge is -2.17. The number of carbonyl (C=O) groups is 1. The van der Waals surface area contributed by atoms with Crippen LogP contribution in [-0.2, 0) is 11.0 Å². The summed E-state index contributed by atoms with van der Waals surface area (Å²) in [7, 11) is 0. The molecule has 0 atom stereocenters. The first-order valence-corrected chi connectivity index (χ1v) is 6.57. The van der Waals surface area contributed by atoms with Crippen molar-refractivity contribution < 1.29 is 18.0 Å². The van der Waals surface area contributed by atoms with Crippen LogP contribution >= 0.6 is 0 Å². The fraction of sp³-hybridized carbons (Fsp3) is 0.333. The predicted molar refractivity (Wildman–Crippen MR) is 77.1 cm³/mol. The van der Waals surface area contributed by atoms with E-state index in [1.807, 2.05) is 0 Å². The molecule has 0 radical (unpaired) electrons. The molecule has 0 saturated carbocycles. The van der Waals surface area contributed by atoms with Crippen molar-refractivity contribution in [2.45, 2.75) is 19.5 Å². The Kier molecular flexibility index (Phi) is 4.40. The molecule has 0 aromatic heterocycles. The standard InChI is InChI=1S/C15H14F3N3O/c1-3-8-20(11(2)22)14-7-9-21(19-14)13-6-4-5-12(10-13)15(16,17)18/h1,4-6,10H,7-9H2,2H3. The lowest BCUT2D eigenvalue weighted by Crippen LogP contribution is -2.34. The highest BCUT2D eigenvalue weighted by atomic mass is 19.4. The van der Waals surface area contributed by atoms with Crippen LogP contribution in [0.1, 0.15) is 18.9 Å². The fourth-order valence-electron chi connectivity index (χ4n) is 2.14. The molecule has 0 fully saturated rings. The molecule has 0 bridgehead atoms. The number of amides is 1. The van der Waals surface area contributed by atoms with Crippen LogP contribution in [0.25, 0.3) is 0 Å². The van der Waals surface area contributed by atoms with Crippen molar-refractivity contribution in [1.82, 2.24) is 4.90 Å². The first-order chi connectivity index (χ1) is 10.3. The van der Waals surface area contributed by atoms with E-state index in [1.165, 1.54) is 22.9 Å². The summed E-state index contributed by atoms with van der Waals surface area (Å²) >= 11 is 0. The first-order valence-electron chi connectivity index (χ1n) is 6.57. The number of hydrazone groups is 1. The van der Waals surface area contributed by atoms with E-state index in [0.717, 1.165) is 12.1 Å². The molecule has 0 N–H and O–H groups in total. The number of hydrogen-bond acceptors (Lipinski definition) is 3. The summed E-state index contributed by atoms with van der Waals surface area (Å²) in [5, 5.41) is 5.66. The Labute approximate surface area is 126 Å². The van der Waals surface area contributed by atoms with Gasteiger partial charge in [0.25, 0.3) is 0 Å². The third-order valence-corrected chi connectivity index (χ3v) is 3.20. The number of terminal acetylenes is 1. The number of nitrogens with zero attached hydrogens (tertiary/aromatic N) is 3. The molecule has 7 heteroatoms. The second-order valence-electron chi connectivity index (χ2n) is 4.75. The van der Waals surface area contributed by atoms with Crippen LogP contribution < -0.4 is 5.01 Å². The summed E-state index contributed by atoms with van der Waals surface area (Å²) in [6.45, 7) is 1.85. The summed E-state index contributed by atoms with van der Waals surface area (Å²) in [5.41, 5.74) is -0.408.